The van der Waals surface area contributed by atoms with Gasteiger partial charge in [-0.05, 0) is 103 Å². The highest BCUT2D eigenvalue weighted by Gasteiger charge is 2.28. The van der Waals surface area contributed by atoms with E-state index in [0.717, 1.165) is 48.3 Å². The summed E-state index contributed by atoms with van der Waals surface area (Å²) in [5.41, 5.74) is 4.68. The fourth-order valence-corrected chi connectivity index (χ4v) is 6.45. The van der Waals surface area contributed by atoms with Crippen LogP contribution in [0.25, 0.3) is 27.8 Å². The summed E-state index contributed by atoms with van der Waals surface area (Å²) in [5.74, 6) is 0.402. The first kappa shape index (κ1) is 26.5. The lowest BCUT2D eigenvalue weighted by molar-refractivity contribution is 0.212. The van der Waals surface area contributed by atoms with Gasteiger partial charge in [-0.3, -0.25) is 0 Å². The number of aryl methyl sites for hydroxylation is 1. The maximum atomic E-state index is 15.3. The number of hydrogen-bond acceptors (Lipinski definition) is 0. The van der Waals surface area contributed by atoms with Crippen LogP contribution in [0.15, 0.2) is 73.3 Å². The number of hydrogen-bond donors (Lipinski definition) is 0. The standard InChI is InChI=1S/C35H37F3/c1-3-5-29-18-21-32(35(38)34(29)37)28-16-12-26(13-17-28)30-19-20-31(33(36)22-30)27-14-10-25(11-15-27)24-8-6-23(4-2)7-9-24/h4,12-14,16-25H,2-3,5-11,15H2,1H3. The summed E-state index contributed by atoms with van der Waals surface area (Å²) in [6.07, 6.45) is 13.8. The summed E-state index contributed by atoms with van der Waals surface area (Å²) >= 11 is 0. The van der Waals surface area contributed by atoms with E-state index in [-0.39, 0.29) is 11.4 Å². The first-order chi connectivity index (χ1) is 18.5. The fraction of sp³-hybridized carbons (Fsp3) is 0.371. The highest BCUT2D eigenvalue weighted by molar-refractivity contribution is 5.74. The normalized spacial score (nSPS) is 21.7. The molecule has 1 atom stereocenters. The zero-order chi connectivity index (χ0) is 26.6. The summed E-state index contributed by atoms with van der Waals surface area (Å²) < 4.78 is 44.4. The third-order valence-electron chi connectivity index (χ3n) is 8.79. The molecular weight excluding hydrogens is 477 g/mol. The van der Waals surface area contributed by atoms with Gasteiger partial charge in [0.15, 0.2) is 11.6 Å². The van der Waals surface area contributed by atoms with Crippen molar-refractivity contribution in [3.63, 3.8) is 0 Å². The van der Waals surface area contributed by atoms with Gasteiger partial charge in [-0.25, -0.2) is 13.2 Å². The van der Waals surface area contributed by atoms with E-state index in [1.807, 2.05) is 31.2 Å². The summed E-state index contributed by atoms with van der Waals surface area (Å²) in [4.78, 5) is 0. The van der Waals surface area contributed by atoms with Gasteiger partial charge in [0, 0.05) is 11.1 Å². The molecule has 5 rings (SSSR count). The molecule has 0 aliphatic heterocycles. The minimum atomic E-state index is -0.813. The third-order valence-corrected chi connectivity index (χ3v) is 8.79. The first-order valence-electron chi connectivity index (χ1n) is 14.2. The van der Waals surface area contributed by atoms with Crippen molar-refractivity contribution in [2.45, 2.75) is 64.7 Å². The molecule has 198 valence electrons. The second-order valence-electron chi connectivity index (χ2n) is 11.1. The molecule has 0 aromatic heterocycles. The molecule has 2 aliphatic rings. The van der Waals surface area contributed by atoms with Gasteiger partial charge in [0.25, 0.3) is 0 Å². The van der Waals surface area contributed by atoms with E-state index in [1.54, 1.807) is 30.3 Å². The zero-order valence-corrected chi connectivity index (χ0v) is 22.3. The second-order valence-corrected chi connectivity index (χ2v) is 11.1. The molecule has 38 heavy (non-hydrogen) atoms. The molecule has 0 bridgehead atoms. The summed E-state index contributed by atoms with van der Waals surface area (Å²) in [6.45, 7) is 5.90. The molecule has 0 N–H and O–H groups in total. The molecule has 2 aliphatic carbocycles. The Balaban J connectivity index is 1.28. The topological polar surface area (TPSA) is 0 Å². The van der Waals surface area contributed by atoms with Crippen molar-refractivity contribution in [3.8, 4) is 22.3 Å². The van der Waals surface area contributed by atoms with Crippen LogP contribution in [0.3, 0.4) is 0 Å². The van der Waals surface area contributed by atoms with E-state index in [2.05, 4.69) is 18.7 Å². The number of halogens is 3. The Hall–Kier alpha value is -3.07. The predicted octanol–water partition coefficient (Wildman–Crippen LogP) is 10.6. The van der Waals surface area contributed by atoms with Crippen molar-refractivity contribution in [1.29, 1.82) is 0 Å². The first-order valence-corrected chi connectivity index (χ1v) is 14.2. The lowest BCUT2D eigenvalue weighted by atomic mass is 9.71. The van der Waals surface area contributed by atoms with Gasteiger partial charge in [-0.15, -0.1) is 6.58 Å². The molecule has 0 radical (unpaired) electrons. The van der Waals surface area contributed by atoms with Crippen LogP contribution in [0.2, 0.25) is 0 Å². The van der Waals surface area contributed by atoms with Gasteiger partial charge < -0.3 is 0 Å². The van der Waals surface area contributed by atoms with Crippen molar-refractivity contribution in [2.75, 3.05) is 0 Å². The van der Waals surface area contributed by atoms with E-state index in [1.165, 1.54) is 25.7 Å². The van der Waals surface area contributed by atoms with Crippen LogP contribution < -0.4 is 0 Å². The number of rotatable bonds is 7. The van der Waals surface area contributed by atoms with Gasteiger partial charge in [0.1, 0.15) is 5.82 Å². The molecule has 1 saturated carbocycles. The molecule has 3 aromatic carbocycles. The second kappa shape index (κ2) is 11.8. The van der Waals surface area contributed by atoms with Gasteiger partial charge in [-0.1, -0.05) is 74.0 Å². The maximum Gasteiger partial charge on any atom is 0.166 e. The van der Waals surface area contributed by atoms with Crippen molar-refractivity contribution in [1.82, 2.24) is 0 Å². The van der Waals surface area contributed by atoms with E-state index >= 15 is 4.39 Å². The molecule has 0 nitrogen and oxygen atoms in total. The molecule has 0 saturated heterocycles. The third kappa shape index (κ3) is 5.53. The predicted molar refractivity (Wildman–Crippen MR) is 152 cm³/mol. The van der Waals surface area contributed by atoms with Crippen LogP contribution in [0, 0.1) is 35.2 Å². The minimum absolute atomic E-state index is 0.206. The van der Waals surface area contributed by atoms with Gasteiger partial charge in [0.2, 0.25) is 0 Å². The fourth-order valence-electron chi connectivity index (χ4n) is 6.45. The summed E-state index contributed by atoms with van der Waals surface area (Å²) in [5, 5.41) is 0. The maximum absolute atomic E-state index is 15.3. The molecule has 3 aromatic rings. The van der Waals surface area contributed by atoms with Crippen LogP contribution in [0.5, 0.6) is 0 Å². The Morgan fingerprint density at radius 1 is 0.763 bits per heavy atom. The van der Waals surface area contributed by atoms with E-state index in [9.17, 15) is 8.78 Å². The lowest BCUT2D eigenvalue weighted by Gasteiger charge is -2.34. The Morgan fingerprint density at radius 3 is 2.08 bits per heavy atom. The molecule has 3 heteroatoms. The van der Waals surface area contributed by atoms with Crippen molar-refractivity contribution in [3.05, 3.63) is 102 Å². The lowest BCUT2D eigenvalue weighted by Crippen LogP contribution is -2.22. The van der Waals surface area contributed by atoms with Gasteiger partial charge in [0.05, 0.1) is 0 Å². The Bertz CT molecular complexity index is 1310. The van der Waals surface area contributed by atoms with E-state index in [4.69, 9.17) is 0 Å². The Labute approximate surface area is 225 Å². The highest BCUT2D eigenvalue weighted by Crippen LogP contribution is 2.42. The van der Waals surface area contributed by atoms with Crippen molar-refractivity contribution >= 4 is 5.57 Å². The van der Waals surface area contributed by atoms with E-state index < -0.39 is 11.6 Å². The average Bonchev–Trinajstić information content (AvgIpc) is 2.96. The molecular formula is C35H37F3. The summed E-state index contributed by atoms with van der Waals surface area (Å²) in [7, 11) is 0. The zero-order valence-electron chi connectivity index (χ0n) is 22.3. The van der Waals surface area contributed by atoms with Gasteiger partial charge in [-0.2, -0.15) is 0 Å². The quantitative estimate of drug-likeness (QED) is 0.275. The van der Waals surface area contributed by atoms with Crippen LogP contribution in [0.1, 0.15) is 69.4 Å². The molecule has 0 spiro atoms. The van der Waals surface area contributed by atoms with Crippen molar-refractivity contribution < 1.29 is 13.2 Å². The van der Waals surface area contributed by atoms with Crippen LogP contribution >= 0.6 is 0 Å². The monoisotopic (exact) mass is 514 g/mol. The molecule has 0 amide bonds. The molecule has 0 heterocycles. The minimum Gasteiger partial charge on any atom is -0.206 e. The SMILES string of the molecule is C=CC1CCC(C2CC=C(c3ccc(-c4ccc(-c5ccc(CCC)c(F)c5F)cc4)cc3F)CC2)CC1. The average molecular weight is 515 g/mol. The molecule has 1 fully saturated rings. The highest BCUT2D eigenvalue weighted by atomic mass is 19.2. The summed E-state index contributed by atoms with van der Waals surface area (Å²) in [6, 6.07) is 16.0. The number of allylic oxidation sites excluding steroid dienone is 3. The van der Waals surface area contributed by atoms with Crippen LogP contribution in [0.4, 0.5) is 13.2 Å². The van der Waals surface area contributed by atoms with Crippen LogP contribution in [-0.4, -0.2) is 0 Å². The van der Waals surface area contributed by atoms with Gasteiger partial charge >= 0.3 is 0 Å². The van der Waals surface area contributed by atoms with Crippen LogP contribution in [-0.2, 0) is 6.42 Å². The smallest absolute Gasteiger partial charge is 0.166 e. The Kier molecular flexibility index (Phi) is 8.21. The van der Waals surface area contributed by atoms with Crippen molar-refractivity contribution in [2.24, 2.45) is 17.8 Å². The largest absolute Gasteiger partial charge is 0.206 e. The van der Waals surface area contributed by atoms with E-state index in [0.29, 0.717) is 34.9 Å². The number of benzene rings is 3. The molecule has 1 unspecified atom stereocenters. The Morgan fingerprint density at radius 2 is 1.45 bits per heavy atom.